The number of H-pyrrole nitrogens is 1. The molecular formula is C27H28N4. The lowest BCUT2D eigenvalue weighted by Gasteiger charge is -2.39. The average molecular weight is 409 g/mol. The van der Waals surface area contributed by atoms with Gasteiger partial charge in [0.25, 0.3) is 0 Å². The molecule has 2 aromatic carbocycles. The number of nitrogens with zero attached hydrogens (tertiary/aromatic N) is 3. The minimum absolute atomic E-state index is 0.446. The van der Waals surface area contributed by atoms with Crippen LogP contribution in [0.2, 0.25) is 0 Å². The lowest BCUT2D eigenvalue weighted by molar-refractivity contribution is 0.232. The molecule has 156 valence electrons. The maximum Gasteiger partial charge on any atom is 0.147 e. The van der Waals surface area contributed by atoms with Crippen LogP contribution in [0.15, 0.2) is 61.1 Å². The van der Waals surface area contributed by atoms with Gasteiger partial charge in [-0.15, -0.1) is 0 Å². The fraction of sp³-hybridized carbons (Fsp3) is 0.333. The fourth-order valence-corrected chi connectivity index (χ4v) is 5.59. The standard InChI is InChI=1S/C27H28N4/c1-2-19-6-7-21-15-27(16-22(21)14-19)9-12-31(13-10-27)25-18-29-24(17-30-25)23-5-3-4-20-8-11-28-26(20)23/h3-8,11,14,17-18,28H,2,9-10,12-13,15-16H2,1H3. The molecule has 0 unspecified atom stereocenters. The number of nitrogens with one attached hydrogen (secondary N) is 1. The Bertz CT molecular complexity index is 1230. The molecule has 0 saturated carbocycles. The second kappa shape index (κ2) is 7.23. The number of anilines is 1. The number of aryl methyl sites for hydroxylation is 1. The number of benzene rings is 2. The van der Waals surface area contributed by atoms with Crippen molar-refractivity contribution >= 4 is 16.7 Å². The van der Waals surface area contributed by atoms with Gasteiger partial charge in [-0.05, 0) is 60.3 Å². The van der Waals surface area contributed by atoms with Crippen LogP contribution in [-0.2, 0) is 19.3 Å². The molecule has 0 atom stereocenters. The van der Waals surface area contributed by atoms with Crippen molar-refractivity contribution in [2.75, 3.05) is 18.0 Å². The van der Waals surface area contributed by atoms with E-state index in [0.29, 0.717) is 5.41 Å². The highest BCUT2D eigenvalue weighted by molar-refractivity contribution is 5.93. The fourth-order valence-electron chi connectivity index (χ4n) is 5.59. The molecule has 3 heterocycles. The zero-order valence-corrected chi connectivity index (χ0v) is 18.1. The Hall–Kier alpha value is -3.14. The molecule has 1 saturated heterocycles. The number of rotatable bonds is 3. The van der Waals surface area contributed by atoms with Crippen LogP contribution < -0.4 is 4.90 Å². The Morgan fingerprint density at radius 3 is 2.65 bits per heavy atom. The third kappa shape index (κ3) is 3.21. The minimum Gasteiger partial charge on any atom is -0.361 e. The van der Waals surface area contributed by atoms with E-state index in [2.05, 4.69) is 59.3 Å². The van der Waals surface area contributed by atoms with E-state index >= 15 is 0 Å². The van der Waals surface area contributed by atoms with Crippen molar-refractivity contribution in [1.82, 2.24) is 15.0 Å². The van der Waals surface area contributed by atoms with Gasteiger partial charge in [-0.25, -0.2) is 4.98 Å². The lowest BCUT2D eigenvalue weighted by Crippen LogP contribution is -2.41. The molecule has 0 radical (unpaired) electrons. The topological polar surface area (TPSA) is 44.8 Å². The highest BCUT2D eigenvalue weighted by atomic mass is 15.2. The van der Waals surface area contributed by atoms with Gasteiger partial charge in [-0.3, -0.25) is 4.98 Å². The van der Waals surface area contributed by atoms with Crippen LogP contribution >= 0.6 is 0 Å². The summed E-state index contributed by atoms with van der Waals surface area (Å²) in [5.74, 6) is 1.00. The second-order valence-corrected chi connectivity index (χ2v) is 9.30. The van der Waals surface area contributed by atoms with Gasteiger partial charge in [0.1, 0.15) is 5.82 Å². The summed E-state index contributed by atoms with van der Waals surface area (Å²) in [6.45, 7) is 4.37. The van der Waals surface area contributed by atoms with Gasteiger partial charge < -0.3 is 9.88 Å². The number of hydrogen-bond acceptors (Lipinski definition) is 3. The van der Waals surface area contributed by atoms with Gasteiger partial charge in [0.05, 0.1) is 23.6 Å². The summed E-state index contributed by atoms with van der Waals surface area (Å²) in [7, 11) is 0. The number of piperidine rings is 1. The Morgan fingerprint density at radius 2 is 1.84 bits per heavy atom. The largest absolute Gasteiger partial charge is 0.361 e. The van der Waals surface area contributed by atoms with E-state index in [1.807, 2.05) is 18.6 Å². The molecule has 1 N–H and O–H groups in total. The van der Waals surface area contributed by atoms with E-state index < -0.39 is 0 Å². The Kier molecular flexibility index (Phi) is 4.34. The van der Waals surface area contributed by atoms with E-state index in [0.717, 1.165) is 42.1 Å². The van der Waals surface area contributed by atoms with Crippen LogP contribution in [0.1, 0.15) is 36.5 Å². The van der Waals surface area contributed by atoms with Crippen LogP contribution in [0.3, 0.4) is 0 Å². The van der Waals surface area contributed by atoms with Gasteiger partial charge >= 0.3 is 0 Å². The van der Waals surface area contributed by atoms with Crippen molar-refractivity contribution in [2.24, 2.45) is 5.41 Å². The summed E-state index contributed by atoms with van der Waals surface area (Å²) < 4.78 is 0. The second-order valence-electron chi connectivity index (χ2n) is 9.30. The Morgan fingerprint density at radius 1 is 0.968 bits per heavy atom. The SMILES string of the molecule is CCc1ccc2c(c1)CC1(CCN(c3cnc(-c4cccc5cc[nH]c45)cn3)CC1)C2. The van der Waals surface area contributed by atoms with E-state index in [1.165, 1.54) is 36.6 Å². The van der Waals surface area contributed by atoms with E-state index in [4.69, 9.17) is 9.97 Å². The first kappa shape index (κ1) is 18.6. The molecule has 2 aliphatic rings. The number of aromatic nitrogens is 3. The van der Waals surface area contributed by atoms with Crippen molar-refractivity contribution < 1.29 is 0 Å². The number of para-hydroxylation sites is 1. The van der Waals surface area contributed by atoms with Crippen molar-refractivity contribution in [3.05, 3.63) is 77.7 Å². The Labute approximate surface area is 183 Å². The van der Waals surface area contributed by atoms with Gasteiger partial charge in [0, 0.05) is 30.2 Å². The first-order chi connectivity index (χ1) is 15.2. The molecule has 1 fully saturated rings. The molecule has 0 bridgehead atoms. The third-order valence-electron chi connectivity index (χ3n) is 7.46. The summed E-state index contributed by atoms with van der Waals surface area (Å²) in [6, 6.07) is 15.5. The molecule has 4 heteroatoms. The van der Waals surface area contributed by atoms with Crippen LogP contribution in [0.25, 0.3) is 22.2 Å². The molecule has 4 aromatic rings. The Balaban J connectivity index is 1.17. The zero-order chi connectivity index (χ0) is 20.8. The molecule has 2 aromatic heterocycles. The van der Waals surface area contributed by atoms with Crippen molar-refractivity contribution in [3.63, 3.8) is 0 Å². The smallest absolute Gasteiger partial charge is 0.147 e. The minimum atomic E-state index is 0.446. The van der Waals surface area contributed by atoms with Crippen LogP contribution in [0, 0.1) is 5.41 Å². The predicted molar refractivity (Wildman–Crippen MR) is 126 cm³/mol. The number of fused-ring (bicyclic) bond motifs is 2. The summed E-state index contributed by atoms with van der Waals surface area (Å²) >= 11 is 0. The normalized spacial score (nSPS) is 17.4. The maximum absolute atomic E-state index is 4.80. The van der Waals surface area contributed by atoms with Gasteiger partial charge in [-0.1, -0.05) is 43.3 Å². The van der Waals surface area contributed by atoms with Crippen molar-refractivity contribution in [3.8, 4) is 11.3 Å². The summed E-state index contributed by atoms with van der Waals surface area (Å²) in [4.78, 5) is 15.3. The highest BCUT2D eigenvalue weighted by Crippen LogP contribution is 2.45. The predicted octanol–water partition coefficient (Wildman–Crippen LogP) is 5.57. The molecule has 6 rings (SSSR count). The van der Waals surface area contributed by atoms with Gasteiger partial charge in [0.2, 0.25) is 0 Å². The van der Waals surface area contributed by atoms with Crippen molar-refractivity contribution in [1.29, 1.82) is 0 Å². The average Bonchev–Trinajstić information content (AvgIpc) is 3.43. The maximum atomic E-state index is 4.80. The highest BCUT2D eigenvalue weighted by Gasteiger charge is 2.40. The number of aromatic amines is 1. The van der Waals surface area contributed by atoms with E-state index in [1.54, 1.807) is 11.1 Å². The summed E-state index contributed by atoms with van der Waals surface area (Å²) in [5, 5.41) is 1.20. The summed E-state index contributed by atoms with van der Waals surface area (Å²) in [6.07, 6.45) is 11.9. The molecular weight excluding hydrogens is 380 g/mol. The quantitative estimate of drug-likeness (QED) is 0.482. The summed E-state index contributed by atoms with van der Waals surface area (Å²) in [5.41, 5.74) is 8.23. The molecule has 1 aliphatic heterocycles. The van der Waals surface area contributed by atoms with Gasteiger partial charge in [0.15, 0.2) is 0 Å². The van der Waals surface area contributed by atoms with Crippen molar-refractivity contribution in [2.45, 2.75) is 39.0 Å². The van der Waals surface area contributed by atoms with E-state index in [-0.39, 0.29) is 0 Å². The monoisotopic (exact) mass is 408 g/mol. The number of hydrogen-bond donors (Lipinski definition) is 1. The first-order valence-corrected chi connectivity index (χ1v) is 11.5. The molecule has 1 spiro atoms. The van der Waals surface area contributed by atoms with Gasteiger partial charge in [-0.2, -0.15) is 0 Å². The van der Waals surface area contributed by atoms with Crippen LogP contribution in [-0.4, -0.2) is 28.0 Å². The zero-order valence-electron chi connectivity index (χ0n) is 18.1. The molecule has 31 heavy (non-hydrogen) atoms. The molecule has 4 nitrogen and oxygen atoms in total. The van der Waals surface area contributed by atoms with Crippen LogP contribution in [0.5, 0.6) is 0 Å². The molecule has 1 aliphatic carbocycles. The van der Waals surface area contributed by atoms with E-state index in [9.17, 15) is 0 Å². The molecule has 0 amide bonds. The van der Waals surface area contributed by atoms with Crippen LogP contribution in [0.4, 0.5) is 5.82 Å². The third-order valence-corrected chi connectivity index (χ3v) is 7.46. The lowest BCUT2D eigenvalue weighted by atomic mass is 9.76. The first-order valence-electron chi connectivity index (χ1n) is 11.5.